The molecule has 4 aromatic rings. The standard InChI is InChI=1S/C26H29N5O2/c1-2-31-24-10-6-5-9-22(24)29-25(31)17-30-13-11-18(16-30)23-15-20(26(33)27-12-14-32)19-7-3-4-8-21(19)28-23/h3-10,15,18,32H,2,11-14,16-17H2,1H3,(H,27,33)/t18-/m0/s1. The van der Waals surface area contributed by atoms with Gasteiger partial charge in [-0.25, -0.2) is 4.98 Å². The number of amides is 1. The maximum atomic E-state index is 12.8. The fourth-order valence-corrected chi connectivity index (χ4v) is 4.87. The molecule has 3 heterocycles. The molecule has 0 unspecified atom stereocenters. The quantitative estimate of drug-likeness (QED) is 0.458. The summed E-state index contributed by atoms with van der Waals surface area (Å²) in [5, 5.41) is 12.7. The van der Waals surface area contributed by atoms with Crippen LogP contribution in [0.3, 0.4) is 0 Å². The first-order chi connectivity index (χ1) is 16.2. The maximum absolute atomic E-state index is 12.8. The molecule has 1 saturated heterocycles. The van der Waals surface area contributed by atoms with E-state index >= 15 is 0 Å². The number of para-hydroxylation sites is 3. The molecule has 7 heteroatoms. The Bertz CT molecular complexity index is 1300. The third kappa shape index (κ3) is 4.21. The Labute approximate surface area is 193 Å². The number of pyridine rings is 1. The Morgan fingerprint density at radius 1 is 1.12 bits per heavy atom. The van der Waals surface area contributed by atoms with E-state index in [1.807, 2.05) is 36.4 Å². The van der Waals surface area contributed by atoms with E-state index in [1.165, 1.54) is 5.52 Å². The molecule has 0 bridgehead atoms. The molecule has 0 aliphatic carbocycles. The van der Waals surface area contributed by atoms with Crippen molar-refractivity contribution in [3.8, 4) is 0 Å². The number of likely N-dealkylation sites (tertiary alicyclic amines) is 1. The van der Waals surface area contributed by atoms with Crippen LogP contribution in [0.1, 0.15) is 41.1 Å². The van der Waals surface area contributed by atoms with Crippen LogP contribution in [-0.2, 0) is 13.1 Å². The number of carbonyl (C=O) groups excluding carboxylic acids is 1. The van der Waals surface area contributed by atoms with Gasteiger partial charge in [0.2, 0.25) is 0 Å². The molecule has 0 spiro atoms. The predicted octanol–water partition coefficient (Wildman–Crippen LogP) is 3.32. The zero-order valence-corrected chi connectivity index (χ0v) is 18.9. The first-order valence-electron chi connectivity index (χ1n) is 11.6. The summed E-state index contributed by atoms with van der Waals surface area (Å²) < 4.78 is 2.29. The lowest BCUT2D eigenvalue weighted by molar-refractivity contribution is 0.0946. The van der Waals surface area contributed by atoms with Crippen LogP contribution < -0.4 is 5.32 Å². The summed E-state index contributed by atoms with van der Waals surface area (Å²) in [6.07, 6.45) is 0.995. The van der Waals surface area contributed by atoms with E-state index in [0.29, 0.717) is 5.56 Å². The summed E-state index contributed by atoms with van der Waals surface area (Å²) in [5.74, 6) is 1.18. The number of aliphatic hydroxyl groups excluding tert-OH is 1. The lowest BCUT2D eigenvalue weighted by Crippen LogP contribution is -2.27. The predicted molar refractivity (Wildman–Crippen MR) is 129 cm³/mol. The van der Waals surface area contributed by atoms with Gasteiger partial charge in [0.25, 0.3) is 5.91 Å². The third-order valence-electron chi connectivity index (χ3n) is 6.48. The third-order valence-corrected chi connectivity index (χ3v) is 6.48. The van der Waals surface area contributed by atoms with Crippen molar-refractivity contribution in [1.29, 1.82) is 0 Å². The van der Waals surface area contributed by atoms with Gasteiger partial charge >= 0.3 is 0 Å². The molecule has 5 rings (SSSR count). The number of carbonyl (C=O) groups is 1. The minimum atomic E-state index is -0.171. The number of rotatable bonds is 7. The highest BCUT2D eigenvalue weighted by Gasteiger charge is 2.27. The average molecular weight is 444 g/mol. The maximum Gasteiger partial charge on any atom is 0.252 e. The summed E-state index contributed by atoms with van der Waals surface area (Å²) in [5.41, 5.74) is 4.63. The summed E-state index contributed by atoms with van der Waals surface area (Å²) >= 11 is 0. The lowest BCUT2D eigenvalue weighted by atomic mass is 9.99. The van der Waals surface area contributed by atoms with Crippen molar-refractivity contribution in [3.63, 3.8) is 0 Å². The zero-order valence-electron chi connectivity index (χ0n) is 18.9. The first kappa shape index (κ1) is 21.6. The Balaban J connectivity index is 1.39. The fraction of sp³-hybridized carbons (Fsp3) is 0.346. The molecule has 1 amide bonds. The summed E-state index contributed by atoms with van der Waals surface area (Å²) in [4.78, 5) is 25.0. The molecule has 0 radical (unpaired) electrons. The second kappa shape index (κ2) is 9.29. The molecule has 170 valence electrons. The Hall–Kier alpha value is -3.29. The summed E-state index contributed by atoms with van der Waals surface area (Å²) in [6.45, 7) is 5.87. The molecule has 1 atom stereocenters. The van der Waals surface area contributed by atoms with Crippen LogP contribution in [-0.4, -0.2) is 56.7 Å². The van der Waals surface area contributed by atoms with Crippen LogP contribution in [0.2, 0.25) is 0 Å². The molecule has 1 fully saturated rings. The van der Waals surface area contributed by atoms with Crippen LogP contribution in [0.4, 0.5) is 0 Å². The molecule has 7 nitrogen and oxygen atoms in total. The van der Waals surface area contributed by atoms with Gasteiger partial charge in [0.15, 0.2) is 0 Å². The number of imidazole rings is 1. The van der Waals surface area contributed by atoms with E-state index in [1.54, 1.807) is 0 Å². The molecule has 2 aromatic heterocycles. The number of aliphatic hydroxyl groups is 1. The Kier molecular flexibility index (Phi) is 6.07. The SMILES string of the molecule is CCn1c(CN2CC[C@H](c3cc(C(=O)NCCO)c4ccccc4n3)C2)nc2ccccc21. The highest BCUT2D eigenvalue weighted by Crippen LogP contribution is 2.30. The van der Waals surface area contributed by atoms with Crippen molar-refractivity contribution in [3.05, 3.63) is 71.7 Å². The smallest absolute Gasteiger partial charge is 0.252 e. The van der Waals surface area contributed by atoms with Crippen molar-refractivity contribution in [1.82, 2.24) is 24.8 Å². The van der Waals surface area contributed by atoms with Crippen molar-refractivity contribution in [2.75, 3.05) is 26.2 Å². The molecular weight excluding hydrogens is 414 g/mol. The topological polar surface area (TPSA) is 83.3 Å². The summed E-state index contributed by atoms with van der Waals surface area (Å²) in [7, 11) is 0. The van der Waals surface area contributed by atoms with Crippen LogP contribution in [0.15, 0.2) is 54.6 Å². The van der Waals surface area contributed by atoms with Crippen molar-refractivity contribution < 1.29 is 9.90 Å². The number of aromatic nitrogens is 3. The van der Waals surface area contributed by atoms with Crippen LogP contribution in [0.5, 0.6) is 0 Å². The minimum absolute atomic E-state index is 0.0816. The number of aryl methyl sites for hydroxylation is 1. The van der Waals surface area contributed by atoms with Gasteiger partial charge < -0.3 is 15.0 Å². The largest absolute Gasteiger partial charge is 0.395 e. The van der Waals surface area contributed by atoms with Crippen molar-refractivity contribution >= 4 is 27.8 Å². The second-order valence-corrected chi connectivity index (χ2v) is 8.57. The molecule has 1 aliphatic rings. The van der Waals surface area contributed by atoms with Crippen LogP contribution >= 0.6 is 0 Å². The number of benzene rings is 2. The van der Waals surface area contributed by atoms with E-state index in [4.69, 9.17) is 15.1 Å². The van der Waals surface area contributed by atoms with Gasteiger partial charge in [-0.2, -0.15) is 0 Å². The van der Waals surface area contributed by atoms with E-state index in [9.17, 15) is 4.79 Å². The van der Waals surface area contributed by atoms with Crippen LogP contribution in [0, 0.1) is 0 Å². The Morgan fingerprint density at radius 3 is 2.73 bits per heavy atom. The number of hydrogen-bond donors (Lipinski definition) is 2. The zero-order chi connectivity index (χ0) is 22.8. The van der Waals surface area contributed by atoms with Crippen molar-refractivity contribution in [2.24, 2.45) is 0 Å². The molecule has 33 heavy (non-hydrogen) atoms. The van der Waals surface area contributed by atoms with Gasteiger partial charge in [-0.1, -0.05) is 30.3 Å². The molecule has 0 saturated carbocycles. The first-order valence-corrected chi connectivity index (χ1v) is 11.6. The molecule has 2 aromatic carbocycles. The van der Waals surface area contributed by atoms with Crippen LogP contribution in [0.25, 0.3) is 21.9 Å². The average Bonchev–Trinajstić information content (AvgIpc) is 3.46. The lowest BCUT2D eigenvalue weighted by Gasteiger charge is -2.17. The van der Waals surface area contributed by atoms with E-state index in [0.717, 1.165) is 60.5 Å². The van der Waals surface area contributed by atoms with Gasteiger partial charge in [-0.3, -0.25) is 14.7 Å². The monoisotopic (exact) mass is 443 g/mol. The highest BCUT2D eigenvalue weighted by molar-refractivity contribution is 6.06. The van der Waals surface area contributed by atoms with Crippen molar-refractivity contribution in [2.45, 2.75) is 32.4 Å². The molecule has 1 aliphatic heterocycles. The van der Waals surface area contributed by atoms with E-state index in [2.05, 4.69) is 39.9 Å². The number of fused-ring (bicyclic) bond motifs is 2. The highest BCUT2D eigenvalue weighted by atomic mass is 16.3. The van der Waals surface area contributed by atoms with Gasteiger partial charge in [0, 0.05) is 36.6 Å². The number of nitrogens with one attached hydrogen (secondary N) is 1. The van der Waals surface area contributed by atoms with Gasteiger partial charge in [0.05, 0.1) is 35.3 Å². The number of hydrogen-bond acceptors (Lipinski definition) is 5. The second-order valence-electron chi connectivity index (χ2n) is 8.57. The van der Waals surface area contributed by atoms with Gasteiger partial charge in [0.1, 0.15) is 5.82 Å². The minimum Gasteiger partial charge on any atom is -0.395 e. The molecular formula is C26H29N5O2. The normalized spacial score (nSPS) is 16.6. The molecule has 2 N–H and O–H groups in total. The van der Waals surface area contributed by atoms with E-state index in [-0.39, 0.29) is 25.0 Å². The summed E-state index contributed by atoms with van der Waals surface area (Å²) in [6, 6.07) is 18.0. The van der Waals surface area contributed by atoms with E-state index < -0.39 is 0 Å². The Morgan fingerprint density at radius 2 is 1.91 bits per heavy atom. The number of nitrogens with zero attached hydrogens (tertiary/aromatic N) is 4. The van der Waals surface area contributed by atoms with Gasteiger partial charge in [-0.15, -0.1) is 0 Å². The fourth-order valence-electron chi connectivity index (χ4n) is 4.87. The van der Waals surface area contributed by atoms with Gasteiger partial charge in [-0.05, 0) is 44.2 Å².